The summed E-state index contributed by atoms with van der Waals surface area (Å²) in [5, 5.41) is 2.27. The van der Waals surface area contributed by atoms with Gasteiger partial charge in [0.15, 0.2) is 0 Å². The van der Waals surface area contributed by atoms with Gasteiger partial charge in [-0.25, -0.2) is 4.39 Å². The van der Waals surface area contributed by atoms with Crippen molar-refractivity contribution >= 4 is 39.3 Å². The number of benzene rings is 2. The smallest absolute Gasteiger partial charge is 0.237 e. The van der Waals surface area contributed by atoms with Gasteiger partial charge in [-0.1, -0.05) is 24.3 Å². The number of carbonyl (C=O) groups is 1. The molecule has 0 aliphatic rings. The molecule has 1 amide bonds. The van der Waals surface area contributed by atoms with E-state index in [4.69, 9.17) is 0 Å². The zero-order valence-electron chi connectivity index (χ0n) is 10.8. The van der Waals surface area contributed by atoms with Crippen LogP contribution in [0.1, 0.15) is 6.92 Å². The minimum atomic E-state index is -0.432. The van der Waals surface area contributed by atoms with Crippen molar-refractivity contribution in [3.8, 4) is 0 Å². The van der Waals surface area contributed by atoms with Crippen LogP contribution in [0, 0.1) is 5.82 Å². The molecule has 0 spiro atoms. The van der Waals surface area contributed by atoms with Gasteiger partial charge in [-0.15, -0.1) is 11.8 Å². The molecule has 0 saturated carbocycles. The third-order valence-electron chi connectivity index (χ3n) is 2.64. The lowest BCUT2D eigenvalue weighted by Crippen LogP contribution is -2.22. The number of rotatable bonds is 4. The minimum Gasteiger partial charge on any atom is -0.323 e. The number of hydrogen-bond acceptors (Lipinski definition) is 2. The minimum absolute atomic E-state index is 0.206. The highest BCUT2D eigenvalue weighted by atomic mass is 79.9. The molecule has 104 valence electrons. The van der Waals surface area contributed by atoms with E-state index in [9.17, 15) is 9.18 Å². The average Bonchev–Trinajstić information content (AvgIpc) is 2.43. The lowest BCUT2D eigenvalue weighted by Gasteiger charge is -2.13. The maximum Gasteiger partial charge on any atom is 0.237 e. The molecule has 0 aliphatic heterocycles. The number of hydrogen-bond donors (Lipinski definition) is 1. The number of halogens is 2. The third-order valence-corrected chi connectivity index (χ3v) is 4.77. The first-order chi connectivity index (χ1) is 9.58. The fourth-order valence-electron chi connectivity index (χ4n) is 1.58. The predicted molar refractivity (Wildman–Crippen MR) is 84.5 cm³/mol. The molecule has 5 heteroatoms. The number of thioether (sulfide) groups is 1. The van der Waals surface area contributed by atoms with Crippen LogP contribution < -0.4 is 5.32 Å². The van der Waals surface area contributed by atoms with E-state index in [1.54, 1.807) is 25.1 Å². The summed E-state index contributed by atoms with van der Waals surface area (Å²) >= 11 is 4.86. The van der Waals surface area contributed by atoms with Crippen molar-refractivity contribution in [1.82, 2.24) is 0 Å². The molecule has 2 nitrogen and oxygen atoms in total. The first kappa shape index (κ1) is 15.1. The number of carbonyl (C=O) groups excluding carboxylic acids is 1. The Morgan fingerprint density at radius 3 is 2.55 bits per heavy atom. The van der Waals surface area contributed by atoms with Crippen LogP contribution in [-0.2, 0) is 4.79 Å². The largest absolute Gasteiger partial charge is 0.323 e. The first-order valence-corrected chi connectivity index (χ1v) is 7.72. The summed E-state index contributed by atoms with van der Waals surface area (Å²) in [6.45, 7) is 1.79. The SMILES string of the molecule is CC(Sc1ccccc1Br)C(=O)Nc1ccccc1F. The van der Waals surface area contributed by atoms with Gasteiger partial charge in [0.05, 0.1) is 10.9 Å². The standard InChI is InChI=1S/C15H13BrFNOS/c1-10(20-14-9-5-2-6-11(14)16)15(19)18-13-8-4-3-7-12(13)17/h2-10H,1H3,(H,18,19). The Hall–Kier alpha value is -1.33. The van der Waals surface area contributed by atoms with E-state index in [1.807, 2.05) is 24.3 Å². The highest BCUT2D eigenvalue weighted by Gasteiger charge is 2.16. The molecular formula is C15H13BrFNOS. The summed E-state index contributed by atoms with van der Waals surface area (Å²) in [7, 11) is 0. The van der Waals surface area contributed by atoms with Gasteiger partial charge in [0.1, 0.15) is 5.82 Å². The number of amides is 1. The third kappa shape index (κ3) is 3.84. The molecule has 2 rings (SSSR count). The summed E-state index contributed by atoms with van der Waals surface area (Å²) in [6, 6.07) is 13.8. The number of anilines is 1. The van der Waals surface area contributed by atoms with Gasteiger partial charge in [-0.05, 0) is 47.1 Å². The van der Waals surface area contributed by atoms with Crippen LogP contribution in [0.15, 0.2) is 57.9 Å². The lowest BCUT2D eigenvalue weighted by atomic mass is 10.3. The van der Waals surface area contributed by atoms with Gasteiger partial charge in [0.25, 0.3) is 0 Å². The molecule has 0 aliphatic carbocycles. The van der Waals surface area contributed by atoms with Gasteiger partial charge >= 0.3 is 0 Å². The number of para-hydroxylation sites is 1. The van der Waals surface area contributed by atoms with Crippen molar-refractivity contribution in [1.29, 1.82) is 0 Å². The van der Waals surface area contributed by atoms with E-state index in [0.717, 1.165) is 9.37 Å². The summed E-state index contributed by atoms with van der Waals surface area (Å²) in [4.78, 5) is 13.0. The summed E-state index contributed by atoms with van der Waals surface area (Å²) in [5.74, 6) is -0.658. The molecule has 0 radical (unpaired) electrons. The van der Waals surface area contributed by atoms with E-state index >= 15 is 0 Å². The zero-order valence-corrected chi connectivity index (χ0v) is 13.2. The topological polar surface area (TPSA) is 29.1 Å². The Kier molecular flexibility index (Phi) is 5.20. The lowest BCUT2D eigenvalue weighted by molar-refractivity contribution is -0.115. The van der Waals surface area contributed by atoms with Crippen LogP contribution in [0.5, 0.6) is 0 Å². The molecule has 0 heterocycles. The van der Waals surface area contributed by atoms with Crippen LogP contribution in [0.2, 0.25) is 0 Å². The fourth-order valence-corrected chi connectivity index (χ4v) is 3.03. The quantitative estimate of drug-likeness (QED) is 0.806. The summed E-state index contributed by atoms with van der Waals surface area (Å²) < 4.78 is 14.4. The second kappa shape index (κ2) is 6.90. The Labute approximate surface area is 129 Å². The average molecular weight is 354 g/mol. The molecule has 1 N–H and O–H groups in total. The Balaban J connectivity index is 2.03. The molecule has 1 unspecified atom stereocenters. The van der Waals surface area contributed by atoms with E-state index < -0.39 is 5.82 Å². The van der Waals surface area contributed by atoms with Gasteiger partial charge in [0, 0.05) is 9.37 Å². The van der Waals surface area contributed by atoms with Gasteiger partial charge in [0.2, 0.25) is 5.91 Å². The van der Waals surface area contributed by atoms with Crippen molar-refractivity contribution in [2.45, 2.75) is 17.1 Å². The van der Waals surface area contributed by atoms with Gasteiger partial charge in [-0.3, -0.25) is 4.79 Å². The molecule has 0 fully saturated rings. The summed E-state index contributed by atoms with van der Waals surface area (Å²) in [5.41, 5.74) is 0.206. The predicted octanol–water partition coefficient (Wildman–Crippen LogP) is 4.71. The van der Waals surface area contributed by atoms with Crippen LogP contribution >= 0.6 is 27.7 Å². The van der Waals surface area contributed by atoms with E-state index in [-0.39, 0.29) is 16.8 Å². The maximum absolute atomic E-state index is 13.5. The Morgan fingerprint density at radius 2 is 1.85 bits per heavy atom. The molecule has 0 bridgehead atoms. The molecule has 0 saturated heterocycles. The second-order valence-corrected chi connectivity index (χ2v) is 6.40. The highest BCUT2D eigenvalue weighted by Crippen LogP contribution is 2.30. The highest BCUT2D eigenvalue weighted by molar-refractivity contribution is 9.10. The molecule has 0 aromatic heterocycles. The van der Waals surface area contributed by atoms with Crippen molar-refractivity contribution in [2.24, 2.45) is 0 Å². The normalized spacial score (nSPS) is 11.9. The molecular weight excluding hydrogens is 341 g/mol. The van der Waals surface area contributed by atoms with Crippen LogP contribution in [0.4, 0.5) is 10.1 Å². The van der Waals surface area contributed by atoms with Crippen molar-refractivity contribution in [2.75, 3.05) is 5.32 Å². The molecule has 2 aromatic carbocycles. The first-order valence-electron chi connectivity index (χ1n) is 6.04. The Morgan fingerprint density at radius 1 is 1.20 bits per heavy atom. The molecule has 1 atom stereocenters. The summed E-state index contributed by atoms with van der Waals surface area (Å²) in [6.07, 6.45) is 0. The van der Waals surface area contributed by atoms with Crippen LogP contribution in [0.3, 0.4) is 0 Å². The van der Waals surface area contributed by atoms with Gasteiger partial charge < -0.3 is 5.32 Å². The second-order valence-electron chi connectivity index (χ2n) is 4.16. The zero-order chi connectivity index (χ0) is 14.5. The number of nitrogens with one attached hydrogen (secondary N) is 1. The van der Waals surface area contributed by atoms with Crippen LogP contribution in [0.25, 0.3) is 0 Å². The maximum atomic E-state index is 13.5. The van der Waals surface area contributed by atoms with E-state index in [0.29, 0.717) is 0 Å². The van der Waals surface area contributed by atoms with Crippen molar-refractivity contribution < 1.29 is 9.18 Å². The molecule has 2 aromatic rings. The van der Waals surface area contributed by atoms with Crippen molar-refractivity contribution in [3.63, 3.8) is 0 Å². The van der Waals surface area contributed by atoms with E-state index in [2.05, 4.69) is 21.2 Å². The van der Waals surface area contributed by atoms with Crippen molar-refractivity contribution in [3.05, 3.63) is 58.8 Å². The van der Waals surface area contributed by atoms with Gasteiger partial charge in [-0.2, -0.15) is 0 Å². The Bertz CT molecular complexity index is 620. The monoisotopic (exact) mass is 353 g/mol. The fraction of sp³-hybridized carbons (Fsp3) is 0.133. The molecule has 20 heavy (non-hydrogen) atoms. The van der Waals surface area contributed by atoms with Crippen LogP contribution in [-0.4, -0.2) is 11.2 Å². The van der Waals surface area contributed by atoms with E-state index in [1.165, 1.54) is 17.8 Å².